The van der Waals surface area contributed by atoms with E-state index in [-0.39, 0.29) is 18.8 Å². The third-order valence-electron chi connectivity index (χ3n) is 3.88. The van der Waals surface area contributed by atoms with E-state index >= 15 is 0 Å². The topological polar surface area (TPSA) is 91.0 Å². The second kappa shape index (κ2) is 7.35. The number of rotatable bonds is 8. The van der Waals surface area contributed by atoms with Gasteiger partial charge in [0.25, 0.3) is 5.91 Å². The van der Waals surface area contributed by atoms with E-state index in [1.54, 1.807) is 27.7 Å². The number of aliphatic hydroxyl groups is 1. The Morgan fingerprint density at radius 2 is 1.79 bits per heavy atom. The van der Waals surface area contributed by atoms with Crippen LogP contribution in [0.5, 0.6) is 11.5 Å². The maximum atomic E-state index is 12.6. The second-order valence-corrected chi connectivity index (χ2v) is 6.27. The normalized spacial score (nSPS) is 12.2. The number of methoxy groups -OCH3 is 1. The number of hydrogen-bond donors (Lipinski definition) is 2. The van der Waals surface area contributed by atoms with Gasteiger partial charge in [-0.25, -0.2) is 0 Å². The average molecular weight is 345 g/mol. The van der Waals surface area contributed by atoms with Gasteiger partial charge in [-0.2, -0.15) is 8.78 Å². The minimum Gasteiger partial charge on any atom is -0.496 e. The summed E-state index contributed by atoms with van der Waals surface area (Å²) in [4.78, 5) is 11.5. The van der Waals surface area contributed by atoms with E-state index in [9.17, 15) is 18.7 Å². The summed E-state index contributed by atoms with van der Waals surface area (Å²) < 4.78 is 40.2. The molecular weight excluding hydrogens is 323 g/mol. The molecule has 24 heavy (non-hydrogen) atoms. The van der Waals surface area contributed by atoms with E-state index in [2.05, 4.69) is 4.74 Å². The summed E-state index contributed by atoms with van der Waals surface area (Å²) in [5.74, 6) is -1.34. The van der Waals surface area contributed by atoms with Crippen LogP contribution in [0.4, 0.5) is 8.78 Å². The molecule has 6 nitrogen and oxygen atoms in total. The van der Waals surface area contributed by atoms with Gasteiger partial charge in [-0.15, -0.1) is 0 Å². The number of alkyl halides is 2. The molecule has 0 aromatic heterocycles. The molecule has 1 aromatic carbocycles. The lowest BCUT2D eigenvalue weighted by Crippen LogP contribution is -2.49. The summed E-state index contributed by atoms with van der Waals surface area (Å²) >= 11 is 0. The van der Waals surface area contributed by atoms with Crippen LogP contribution in [-0.2, 0) is 4.65 Å². The van der Waals surface area contributed by atoms with Crippen molar-refractivity contribution in [2.45, 2.75) is 45.5 Å². The molecule has 0 heterocycles. The Hall–Kier alpha value is -1.87. The fourth-order valence-corrected chi connectivity index (χ4v) is 1.76. The van der Waals surface area contributed by atoms with Gasteiger partial charge >= 0.3 is 14.1 Å². The minimum absolute atomic E-state index is 0.000291. The number of carbonyl (C=O) groups is 1. The van der Waals surface area contributed by atoms with Gasteiger partial charge in [0.05, 0.1) is 18.3 Å². The van der Waals surface area contributed by atoms with E-state index in [4.69, 9.17) is 15.1 Å². The number of primary amides is 1. The van der Waals surface area contributed by atoms with Gasteiger partial charge in [0, 0.05) is 0 Å². The first-order valence-electron chi connectivity index (χ1n) is 7.21. The standard InChI is InChI=1S/C15H22BF2NO5/c1-14(2,21)15(3,4)24-16-8-6-9(22-5)11(12(19)20)10(7-8)23-13(17)18/h6-7,13,16,21H,1-5H3,(H2,19,20). The number of hydrogen-bond acceptors (Lipinski definition) is 5. The summed E-state index contributed by atoms with van der Waals surface area (Å²) in [6, 6.07) is 2.67. The van der Waals surface area contributed by atoms with Crippen molar-refractivity contribution in [3.05, 3.63) is 17.7 Å². The van der Waals surface area contributed by atoms with Crippen molar-refractivity contribution in [1.82, 2.24) is 0 Å². The Labute approximate surface area is 140 Å². The van der Waals surface area contributed by atoms with Crippen molar-refractivity contribution in [2.24, 2.45) is 5.73 Å². The van der Waals surface area contributed by atoms with E-state index in [1.807, 2.05) is 0 Å². The first-order chi connectivity index (χ1) is 10.9. The number of benzene rings is 1. The van der Waals surface area contributed by atoms with Crippen LogP contribution in [0.15, 0.2) is 12.1 Å². The first-order valence-corrected chi connectivity index (χ1v) is 7.21. The number of nitrogens with two attached hydrogens (primary N) is 1. The maximum Gasteiger partial charge on any atom is 0.387 e. The maximum absolute atomic E-state index is 12.6. The van der Waals surface area contributed by atoms with Gasteiger partial charge in [0.2, 0.25) is 0 Å². The van der Waals surface area contributed by atoms with Crippen LogP contribution < -0.4 is 20.7 Å². The molecule has 0 saturated heterocycles. The van der Waals surface area contributed by atoms with Gasteiger partial charge in [-0.05, 0) is 45.3 Å². The van der Waals surface area contributed by atoms with E-state index in [1.165, 1.54) is 19.2 Å². The molecule has 1 amide bonds. The lowest BCUT2D eigenvalue weighted by Gasteiger charge is -2.37. The third kappa shape index (κ3) is 4.81. The fourth-order valence-electron chi connectivity index (χ4n) is 1.76. The number of ether oxygens (including phenoxy) is 2. The van der Waals surface area contributed by atoms with Crippen molar-refractivity contribution in [2.75, 3.05) is 7.11 Å². The molecular formula is C15H22BF2NO5. The zero-order chi connectivity index (χ0) is 18.7. The predicted octanol–water partition coefficient (Wildman–Crippen LogP) is 0.938. The van der Waals surface area contributed by atoms with Crippen molar-refractivity contribution in [1.29, 1.82) is 0 Å². The highest BCUT2D eigenvalue weighted by Gasteiger charge is 2.35. The summed E-state index contributed by atoms with van der Waals surface area (Å²) in [7, 11) is 1.26. The molecule has 0 aliphatic carbocycles. The second-order valence-electron chi connectivity index (χ2n) is 6.27. The van der Waals surface area contributed by atoms with Crippen molar-refractivity contribution in [3.63, 3.8) is 0 Å². The fraction of sp³-hybridized carbons (Fsp3) is 0.533. The van der Waals surface area contributed by atoms with E-state index in [0.29, 0.717) is 5.46 Å². The quantitative estimate of drug-likeness (QED) is 0.685. The van der Waals surface area contributed by atoms with Gasteiger partial charge in [0.15, 0.2) is 0 Å². The summed E-state index contributed by atoms with van der Waals surface area (Å²) in [5.41, 5.74) is 3.31. The molecule has 9 heteroatoms. The Morgan fingerprint density at radius 3 is 2.21 bits per heavy atom. The van der Waals surface area contributed by atoms with Gasteiger partial charge in [0.1, 0.15) is 17.1 Å². The van der Waals surface area contributed by atoms with Crippen molar-refractivity contribution in [3.8, 4) is 11.5 Å². The van der Waals surface area contributed by atoms with E-state index < -0.39 is 29.5 Å². The molecule has 3 N–H and O–H groups in total. The van der Waals surface area contributed by atoms with Crippen molar-refractivity contribution < 1.29 is 32.8 Å². The predicted molar refractivity (Wildman–Crippen MR) is 86.4 cm³/mol. The summed E-state index contributed by atoms with van der Waals surface area (Å²) in [5, 5.41) is 10.1. The molecule has 0 unspecified atom stereocenters. The molecule has 0 saturated carbocycles. The SMILES string of the molecule is COc1cc(BOC(C)(C)C(C)(C)O)cc(OC(F)F)c1C(N)=O. The molecule has 0 aliphatic rings. The molecule has 0 radical (unpaired) electrons. The minimum atomic E-state index is -3.13. The molecule has 0 bridgehead atoms. The van der Waals surface area contributed by atoms with Crippen LogP contribution in [0.1, 0.15) is 38.1 Å². The van der Waals surface area contributed by atoms with Crippen LogP contribution >= 0.6 is 0 Å². The largest absolute Gasteiger partial charge is 0.496 e. The Kier molecular flexibility index (Phi) is 6.18. The highest BCUT2D eigenvalue weighted by atomic mass is 19.3. The number of amides is 1. The van der Waals surface area contributed by atoms with Gasteiger partial charge < -0.3 is 25.0 Å². The van der Waals surface area contributed by atoms with Gasteiger partial charge in [-0.1, -0.05) is 0 Å². The zero-order valence-electron chi connectivity index (χ0n) is 14.4. The Balaban J connectivity index is 3.19. The van der Waals surface area contributed by atoms with Crippen molar-refractivity contribution >= 4 is 18.9 Å². The van der Waals surface area contributed by atoms with Crippen LogP contribution in [0, 0.1) is 0 Å². The first kappa shape index (κ1) is 20.2. The Morgan fingerprint density at radius 1 is 1.25 bits per heavy atom. The molecule has 0 spiro atoms. The molecule has 134 valence electrons. The molecule has 1 rings (SSSR count). The Bertz CT molecular complexity index is 602. The van der Waals surface area contributed by atoms with Crippen LogP contribution in [0.3, 0.4) is 0 Å². The molecule has 0 atom stereocenters. The van der Waals surface area contributed by atoms with Gasteiger partial charge in [-0.3, -0.25) is 4.79 Å². The monoisotopic (exact) mass is 345 g/mol. The third-order valence-corrected chi connectivity index (χ3v) is 3.88. The number of carbonyl (C=O) groups excluding carboxylic acids is 1. The highest BCUT2D eigenvalue weighted by Crippen LogP contribution is 2.29. The smallest absolute Gasteiger partial charge is 0.387 e. The number of halogens is 2. The summed E-state index contributed by atoms with van der Waals surface area (Å²) in [6.07, 6.45) is 0. The summed E-state index contributed by atoms with van der Waals surface area (Å²) in [6.45, 7) is 3.44. The van der Waals surface area contributed by atoms with Crippen LogP contribution in [0.25, 0.3) is 0 Å². The molecule has 1 aromatic rings. The highest BCUT2D eigenvalue weighted by molar-refractivity contribution is 6.47. The zero-order valence-corrected chi connectivity index (χ0v) is 14.4. The lowest BCUT2D eigenvalue weighted by molar-refractivity contribution is -0.0893. The van der Waals surface area contributed by atoms with Crippen LogP contribution in [-0.4, -0.2) is 43.4 Å². The lowest BCUT2D eigenvalue weighted by atomic mass is 9.82. The molecule has 0 aliphatic heterocycles. The molecule has 0 fully saturated rings. The van der Waals surface area contributed by atoms with Crippen LogP contribution in [0.2, 0.25) is 0 Å². The van der Waals surface area contributed by atoms with E-state index in [0.717, 1.165) is 0 Å². The average Bonchev–Trinajstić information content (AvgIpc) is 2.42.